The van der Waals surface area contributed by atoms with E-state index < -0.39 is 0 Å². The molecule has 0 fully saturated rings. The van der Waals surface area contributed by atoms with Crippen molar-refractivity contribution in [3.63, 3.8) is 0 Å². The number of benzene rings is 2. The summed E-state index contributed by atoms with van der Waals surface area (Å²) in [6.45, 7) is 7.01. The normalized spacial score (nSPS) is 10.3. The van der Waals surface area contributed by atoms with E-state index in [1.54, 1.807) is 19.1 Å². The van der Waals surface area contributed by atoms with Crippen molar-refractivity contribution in [1.82, 2.24) is 5.32 Å². The van der Waals surface area contributed by atoms with Crippen LogP contribution in [0.2, 0.25) is 0 Å². The fourth-order valence-corrected chi connectivity index (χ4v) is 2.89. The summed E-state index contributed by atoms with van der Waals surface area (Å²) in [6.07, 6.45) is 2.02. The van der Waals surface area contributed by atoms with E-state index >= 15 is 0 Å². The third-order valence-electron chi connectivity index (χ3n) is 4.00. The lowest BCUT2D eigenvalue weighted by Gasteiger charge is -2.13. The largest absolute Gasteiger partial charge is 0.462 e. The minimum absolute atomic E-state index is 0.306. The van der Waals surface area contributed by atoms with Gasteiger partial charge in [-0.2, -0.15) is 0 Å². The van der Waals surface area contributed by atoms with Crippen LogP contribution in [0.3, 0.4) is 0 Å². The van der Waals surface area contributed by atoms with Crippen LogP contribution in [0.15, 0.2) is 42.5 Å². The van der Waals surface area contributed by atoms with Gasteiger partial charge in [-0.3, -0.25) is 0 Å². The third-order valence-corrected chi connectivity index (χ3v) is 4.24. The minimum atomic E-state index is -0.306. The summed E-state index contributed by atoms with van der Waals surface area (Å²) in [5.74, 6) is -0.306. The standard InChI is InChI=1S/C21H26N2O2S/c1-4-25-20(24)18-10-11-19(16(3)14-18)23-21(26)22-12-6-9-17-8-5-7-15(2)13-17/h5,7-8,10-11,13-14H,4,6,9,12H2,1-3H3,(H2,22,23,26). The number of rotatable bonds is 7. The number of carbonyl (C=O) groups is 1. The summed E-state index contributed by atoms with van der Waals surface area (Å²) in [5.41, 5.74) is 5.01. The number of carbonyl (C=O) groups excluding carboxylic acids is 1. The van der Waals surface area contributed by atoms with Crippen LogP contribution in [-0.4, -0.2) is 24.2 Å². The van der Waals surface area contributed by atoms with Crippen molar-refractivity contribution in [2.75, 3.05) is 18.5 Å². The molecule has 0 spiro atoms. The predicted molar refractivity (Wildman–Crippen MR) is 111 cm³/mol. The molecule has 2 aromatic rings. The molecule has 0 aliphatic rings. The second-order valence-electron chi connectivity index (χ2n) is 6.22. The SMILES string of the molecule is CCOC(=O)c1ccc(NC(=S)NCCCc2cccc(C)c2)c(C)c1. The number of hydrogen-bond donors (Lipinski definition) is 2. The number of aryl methyl sites for hydroxylation is 3. The van der Waals surface area contributed by atoms with Crippen molar-refractivity contribution >= 4 is 29.0 Å². The van der Waals surface area contributed by atoms with Gasteiger partial charge in [-0.05, 0) is 75.2 Å². The summed E-state index contributed by atoms with van der Waals surface area (Å²) >= 11 is 5.36. The molecule has 0 bridgehead atoms. The second-order valence-corrected chi connectivity index (χ2v) is 6.63. The highest BCUT2D eigenvalue weighted by Gasteiger charge is 2.09. The van der Waals surface area contributed by atoms with Gasteiger partial charge in [-0.15, -0.1) is 0 Å². The highest BCUT2D eigenvalue weighted by molar-refractivity contribution is 7.80. The quantitative estimate of drug-likeness (QED) is 0.430. The van der Waals surface area contributed by atoms with E-state index in [0.717, 1.165) is 30.6 Å². The van der Waals surface area contributed by atoms with E-state index in [9.17, 15) is 4.79 Å². The van der Waals surface area contributed by atoms with Gasteiger partial charge >= 0.3 is 5.97 Å². The molecule has 2 rings (SSSR count). The predicted octanol–water partition coefficient (Wildman–Crippen LogP) is 4.40. The van der Waals surface area contributed by atoms with Crippen LogP contribution in [0, 0.1) is 13.8 Å². The topological polar surface area (TPSA) is 50.4 Å². The number of thiocarbonyl (C=S) groups is 1. The summed E-state index contributed by atoms with van der Waals surface area (Å²) < 4.78 is 5.02. The Balaban J connectivity index is 1.79. The molecule has 0 aromatic heterocycles. The van der Waals surface area contributed by atoms with Gasteiger partial charge in [-0.25, -0.2) is 4.79 Å². The highest BCUT2D eigenvalue weighted by atomic mass is 32.1. The first-order chi connectivity index (χ1) is 12.5. The Bertz CT molecular complexity index is 774. The maximum Gasteiger partial charge on any atom is 0.338 e. The maximum absolute atomic E-state index is 11.8. The molecule has 0 saturated heterocycles. The molecular weight excluding hydrogens is 344 g/mol. The molecule has 2 aromatic carbocycles. The summed E-state index contributed by atoms with van der Waals surface area (Å²) in [6, 6.07) is 14.0. The van der Waals surface area contributed by atoms with Gasteiger partial charge in [0.2, 0.25) is 0 Å². The van der Waals surface area contributed by atoms with Crippen molar-refractivity contribution in [3.8, 4) is 0 Å². The van der Waals surface area contributed by atoms with E-state index in [0.29, 0.717) is 17.3 Å². The Morgan fingerprint density at radius 1 is 1.15 bits per heavy atom. The van der Waals surface area contributed by atoms with Gasteiger partial charge in [0.15, 0.2) is 5.11 Å². The number of nitrogens with one attached hydrogen (secondary N) is 2. The van der Waals surface area contributed by atoms with Gasteiger partial charge in [0.1, 0.15) is 0 Å². The van der Waals surface area contributed by atoms with Crippen LogP contribution in [0.1, 0.15) is 40.4 Å². The smallest absolute Gasteiger partial charge is 0.338 e. The van der Waals surface area contributed by atoms with E-state index in [1.165, 1.54) is 11.1 Å². The minimum Gasteiger partial charge on any atom is -0.462 e. The zero-order valence-electron chi connectivity index (χ0n) is 15.6. The Hall–Kier alpha value is -2.40. The zero-order chi connectivity index (χ0) is 18.9. The molecule has 26 heavy (non-hydrogen) atoms. The van der Waals surface area contributed by atoms with Gasteiger partial charge in [-0.1, -0.05) is 29.8 Å². The van der Waals surface area contributed by atoms with E-state index in [4.69, 9.17) is 17.0 Å². The molecule has 0 aliphatic heterocycles. The molecule has 4 nitrogen and oxygen atoms in total. The van der Waals surface area contributed by atoms with Crippen LogP contribution < -0.4 is 10.6 Å². The monoisotopic (exact) mass is 370 g/mol. The molecule has 138 valence electrons. The van der Waals surface area contributed by atoms with E-state index in [2.05, 4.69) is 41.8 Å². The molecule has 0 unspecified atom stereocenters. The maximum atomic E-state index is 11.8. The third kappa shape index (κ3) is 6.15. The molecule has 0 radical (unpaired) electrons. The lowest BCUT2D eigenvalue weighted by molar-refractivity contribution is 0.0526. The Morgan fingerprint density at radius 3 is 2.65 bits per heavy atom. The van der Waals surface area contributed by atoms with Crippen molar-refractivity contribution in [2.24, 2.45) is 0 Å². The zero-order valence-corrected chi connectivity index (χ0v) is 16.4. The molecule has 0 atom stereocenters. The van der Waals surface area contributed by atoms with E-state index in [1.807, 2.05) is 13.0 Å². The van der Waals surface area contributed by atoms with Crippen molar-refractivity contribution in [1.29, 1.82) is 0 Å². The summed E-state index contributed by atoms with van der Waals surface area (Å²) in [4.78, 5) is 11.8. The van der Waals surface area contributed by atoms with Crippen molar-refractivity contribution in [2.45, 2.75) is 33.6 Å². The number of ether oxygens (including phenoxy) is 1. The summed E-state index contributed by atoms with van der Waals surface area (Å²) in [5, 5.41) is 7.00. The first kappa shape index (κ1) is 19.9. The average Bonchev–Trinajstić information content (AvgIpc) is 2.61. The first-order valence-electron chi connectivity index (χ1n) is 8.87. The second kappa shape index (κ2) is 9.92. The van der Waals surface area contributed by atoms with Crippen molar-refractivity contribution < 1.29 is 9.53 Å². The molecular formula is C21H26N2O2S. The molecule has 0 heterocycles. The van der Waals surface area contributed by atoms with Gasteiger partial charge in [0.05, 0.1) is 12.2 Å². The Kier molecular flexibility index (Phi) is 7.60. The Morgan fingerprint density at radius 2 is 1.96 bits per heavy atom. The van der Waals surface area contributed by atoms with Crippen LogP contribution >= 0.6 is 12.2 Å². The van der Waals surface area contributed by atoms with Gasteiger partial charge < -0.3 is 15.4 Å². The van der Waals surface area contributed by atoms with Crippen LogP contribution in [0.4, 0.5) is 5.69 Å². The van der Waals surface area contributed by atoms with E-state index in [-0.39, 0.29) is 5.97 Å². The number of esters is 1. The van der Waals surface area contributed by atoms with Crippen LogP contribution in [-0.2, 0) is 11.2 Å². The molecule has 0 aliphatic carbocycles. The number of hydrogen-bond acceptors (Lipinski definition) is 3. The number of anilines is 1. The summed E-state index contributed by atoms with van der Waals surface area (Å²) in [7, 11) is 0. The fourth-order valence-electron chi connectivity index (χ4n) is 2.67. The molecule has 0 saturated carbocycles. The molecule has 5 heteroatoms. The Labute approximate surface area is 161 Å². The van der Waals surface area contributed by atoms with Crippen LogP contribution in [0.25, 0.3) is 0 Å². The van der Waals surface area contributed by atoms with Gasteiger partial charge in [0, 0.05) is 12.2 Å². The molecule has 2 N–H and O–H groups in total. The van der Waals surface area contributed by atoms with Crippen molar-refractivity contribution in [3.05, 3.63) is 64.7 Å². The van der Waals surface area contributed by atoms with Gasteiger partial charge in [0.25, 0.3) is 0 Å². The van der Waals surface area contributed by atoms with Crippen LogP contribution in [0.5, 0.6) is 0 Å². The fraction of sp³-hybridized carbons (Fsp3) is 0.333. The lowest BCUT2D eigenvalue weighted by atomic mass is 10.1. The first-order valence-corrected chi connectivity index (χ1v) is 9.28. The molecule has 0 amide bonds. The average molecular weight is 371 g/mol. The lowest BCUT2D eigenvalue weighted by Crippen LogP contribution is -2.29. The highest BCUT2D eigenvalue weighted by Crippen LogP contribution is 2.17.